The van der Waals surface area contributed by atoms with Gasteiger partial charge in [0.15, 0.2) is 5.13 Å². The average molecular weight is 497 g/mol. The molecule has 1 aliphatic heterocycles. The van der Waals surface area contributed by atoms with Crippen LogP contribution in [0.1, 0.15) is 0 Å². The van der Waals surface area contributed by atoms with Crippen molar-refractivity contribution in [2.75, 3.05) is 38.0 Å². The van der Waals surface area contributed by atoms with Gasteiger partial charge in [-0.25, -0.2) is 26.6 Å². The molecule has 0 atom stereocenters. The van der Waals surface area contributed by atoms with Crippen LogP contribution in [0.25, 0.3) is 11.3 Å². The van der Waals surface area contributed by atoms with Gasteiger partial charge in [-0.15, -0.1) is 11.3 Å². The van der Waals surface area contributed by atoms with Gasteiger partial charge in [-0.2, -0.15) is 4.31 Å². The number of benzene rings is 2. The molecule has 0 spiro atoms. The molecule has 12 heteroatoms. The minimum absolute atomic E-state index is 0.00220. The molecule has 2 aromatic carbocycles. The number of nitrogens with one attached hydrogen (secondary N) is 1. The SMILES string of the molecule is O=C(CN1CCN(S(=O)(=O)c2cccc(F)c2)CC1)Nc1nc(-c2cc(F)ccc2F)cs1. The number of carbonyl (C=O) groups excluding carboxylic acids is 1. The maximum atomic E-state index is 13.9. The largest absolute Gasteiger partial charge is 0.301 e. The summed E-state index contributed by atoms with van der Waals surface area (Å²) in [5.41, 5.74) is 0.214. The third-order valence-electron chi connectivity index (χ3n) is 5.09. The van der Waals surface area contributed by atoms with Gasteiger partial charge in [0, 0.05) is 37.1 Å². The van der Waals surface area contributed by atoms with Crippen LogP contribution in [0.5, 0.6) is 0 Å². The van der Waals surface area contributed by atoms with Crippen LogP contribution in [0, 0.1) is 17.5 Å². The molecule has 0 radical (unpaired) electrons. The number of hydrogen-bond donors (Lipinski definition) is 1. The van der Waals surface area contributed by atoms with Crippen molar-refractivity contribution in [1.29, 1.82) is 0 Å². The number of aromatic nitrogens is 1. The Morgan fingerprint density at radius 3 is 2.48 bits per heavy atom. The fourth-order valence-corrected chi connectivity index (χ4v) is 5.60. The Morgan fingerprint density at radius 1 is 1.03 bits per heavy atom. The van der Waals surface area contributed by atoms with E-state index < -0.39 is 27.5 Å². The molecule has 33 heavy (non-hydrogen) atoms. The van der Waals surface area contributed by atoms with Gasteiger partial charge in [0.25, 0.3) is 0 Å². The lowest BCUT2D eigenvalue weighted by atomic mass is 10.1. The van der Waals surface area contributed by atoms with Crippen LogP contribution in [-0.4, -0.2) is 61.2 Å². The fourth-order valence-electron chi connectivity index (χ4n) is 3.42. The maximum absolute atomic E-state index is 13.9. The molecule has 7 nitrogen and oxygen atoms in total. The molecule has 1 saturated heterocycles. The van der Waals surface area contributed by atoms with Crippen molar-refractivity contribution in [3.8, 4) is 11.3 Å². The summed E-state index contributed by atoms with van der Waals surface area (Å²) >= 11 is 1.08. The first-order valence-corrected chi connectivity index (χ1v) is 12.2. The first kappa shape index (κ1) is 23.4. The number of amides is 1. The molecule has 0 saturated carbocycles. The number of hydrogen-bond acceptors (Lipinski definition) is 6. The summed E-state index contributed by atoms with van der Waals surface area (Å²) in [7, 11) is -3.81. The minimum Gasteiger partial charge on any atom is -0.301 e. The lowest BCUT2D eigenvalue weighted by Crippen LogP contribution is -2.50. The number of carbonyl (C=O) groups is 1. The van der Waals surface area contributed by atoms with Crippen molar-refractivity contribution in [2.24, 2.45) is 0 Å². The molecule has 174 valence electrons. The lowest BCUT2D eigenvalue weighted by molar-refractivity contribution is -0.117. The quantitative estimate of drug-likeness (QED) is 0.567. The van der Waals surface area contributed by atoms with Crippen molar-refractivity contribution >= 4 is 32.4 Å². The highest BCUT2D eigenvalue weighted by Crippen LogP contribution is 2.27. The molecule has 1 amide bonds. The Kier molecular flexibility index (Phi) is 6.79. The molecule has 3 aromatic rings. The molecule has 1 fully saturated rings. The predicted octanol–water partition coefficient (Wildman–Crippen LogP) is 3.17. The smallest absolute Gasteiger partial charge is 0.243 e. The van der Waals surface area contributed by atoms with Crippen LogP contribution in [-0.2, 0) is 14.8 Å². The van der Waals surface area contributed by atoms with E-state index >= 15 is 0 Å². The van der Waals surface area contributed by atoms with E-state index in [-0.39, 0.29) is 46.8 Å². The number of rotatable bonds is 6. The highest BCUT2D eigenvalue weighted by molar-refractivity contribution is 7.89. The summed E-state index contributed by atoms with van der Waals surface area (Å²) in [5.74, 6) is -2.21. The van der Waals surface area contributed by atoms with E-state index in [1.54, 1.807) is 4.90 Å². The number of sulfonamides is 1. The molecule has 0 bridgehead atoms. The van der Waals surface area contributed by atoms with Crippen molar-refractivity contribution in [3.63, 3.8) is 0 Å². The number of anilines is 1. The topological polar surface area (TPSA) is 82.6 Å². The average Bonchev–Trinajstić information content (AvgIpc) is 3.24. The van der Waals surface area contributed by atoms with Gasteiger partial charge in [0.05, 0.1) is 17.1 Å². The highest BCUT2D eigenvalue weighted by Gasteiger charge is 2.29. The molecule has 0 unspecified atom stereocenters. The molecule has 1 aliphatic rings. The summed E-state index contributed by atoms with van der Waals surface area (Å²) in [6, 6.07) is 7.90. The van der Waals surface area contributed by atoms with E-state index in [4.69, 9.17) is 0 Å². The summed E-state index contributed by atoms with van der Waals surface area (Å²) in [6.45, 7) is 0.967. The van der Waals surface area contributed by atoms with Gasteiger partial charge in [0.2, 0.25) is 15.9 Å². The van der Waals surface area contributed by atoms with Crippen molar-refractivity contribution < 1.29 is 26.4 Å². The fraction of sp³-hybridized carbons (Fsp3) is 0.238. The van der Waals surface area contributed by atoms with Gasteiger partial charge in [-0.1, -0.05) is 6.07 Å². The Hall–Kier alpha value is -2.80. The lowest BCUT2D eigenvalue weighted by Gasteiger charge is -2.33. The third-order valence-corrected chi connectivity index (χ3v) is 7.74. The van der Waals surface area contributed by atoms with Gasteiger partial charge in [-0.05, 0) is 36.4 Å². The highest BCUT2D eigenvalue weighted by atomic mass is 32.2. The van der Waals surface area contributed by atoms with E-state index in [9.17, 15) is 26.4 Å². The van der Waals surface area contributed by atoms with E-state index in [1.165, 1.54) is 27.9 Å². The Bertz CT molecular complexity index is 1280. The first-order valence-electron chi connectivity index (χ1n) is 9.91. The van der Waals surface area contributed by atoms with Crippen molar-refractivity contribution in [2.45, 2.75) is 4.90 Å². The minimum atomic E-state index is -3.81. The van der Waals surface area contributed by atoms with Crippen LogP contribution in [0.4, 0.5) is 18.3 Å². The third kappa shape index (κ3) is 5.41. The zero-order chi connectivity index (χ0) is 23.6. The number of thiazole rings is 1. The molecular formula is C21H19F3N4O3S2. The van der Waals surface area contributed by atoms with E-state index in [2.05, 4.69) is 10.3 Å². The normalized spacial score (nSPS) is 15.5. The zero-order valence-electron chi connectivity index (χ0n) is 17.2. The van der Waals surface area contributed by atoms with Gasteiger partial charge < -0.3 is 5.32 Å². The zero-order valence-corrected chi connectivity index (χ0v) is 18.8. The molecule has 2 heterocycles. The molecule has 1 N–H and O–H groups in total. The van der Waals surface area contributed by atoms with Crippen LogP contribution in [0.3, 0.4) is 0 Å². The number of nitrogens with zero attached hydrogens (tertiary/aromatic N) is 3. The van der Waals surface area contributed by atoms with E-state index in [1.807, 2.05) is 0 Å². The molecule has 1 aromatic heterocycles. The number of halogens is 3. The molecule has 0 aliphatic carbocycles. The Morgan fingerprint density at radius 2 is 1.76 bits per heavy atom. The van der Waals surface area contributed by atoms with Crippen molar-refractivity contribution in [3.05, 3.63) is 65.3 Å². The standard InChI is InChI=1S/C21H19F3N4O3S2/c22-14-2-1-3-16(10-14)33(30,31)28-8-6-27(7-9-28)12-20(29)26-21-25-19(13-32-21)17-11-15(23)4-5-18(17)24/h1-5,10-11,13H,6-9,12H2,(H,25,26,29). The Balaban J connectivity index is 1.32. The Labute approximate surface area is 192 Å². The van der Waals surface area contributed by atoms with Crippen LogP contribution >= 0.6 is 11.3 Å². The van der Waals surface area contributed by atoms with Gasteiger partial charge in [-0.3, -0.25) is 9.69 Å². The maximum Gasteiger partial charge on any atom is 0.243 e. The van der Waals surface area contributed by atoms with Crippen LogP contribution in [0.15, 0.2) is 52.7 Å². The van der Waals surface area contributed by atoms with Gasteiger partial charge >= 0.3 is 0 Å². The first-order chi connectivity index (χ1) is 15.7. The summed E-state index contributed by atoms with van der Waals surface area (Å²) in [5, 5.41) is 4.38. The second-order valence-corrected chi connectivity index (χ2v) is 10.1. The van der Waals surface area contributed by atoms with Gasteiger partial charge in [0.1, 0.15) is 17.5 Å². The van der Waals surface area contributed by atoms with Crippen molar-refractivity contribution in [1.82, 2.24) is 14.2 Å². The monoisotopic (exact) mass is 496 g/mol. The summed E-state index contributed by atoms with van der Waals surface area (Å²) in [4.78, 5) is 18.2. The number of piperazine rings is 1. The van der Waals surface area contributed by atoms with E-state index in [0.29, 0.717) is 13.1 Å². The summed E-state index contributed by atoms with van der Waals surface area (Å²) < 4.78 is 67.3. The predicted molar refractivity (Wildman–Crippen MR) is 118 cm³/mol. The molecular weight excluding hydrogens is 477 g/mol. The van der Waals surface area contributed by atoms with Crippen LogP contribution < -0.4 is 5.32 Å². The summed E-state index contributed by atoms with van der Waals surface area (Å²) in [6.07, 6.45) is 0. The molecule has 4 rings (SSSR count). The second kappa shape index (κ2) is 9.59. The van der Waals surface area contributed by atoms with Crippen LogP contribution in [0.2, 0.25) is 0 Å². The van der Waals surface area contributed by atoms with E-state index in [0.717, 1.165) is 35.6 Å². The second-order valence-electron chi connectivity index (χ2n) is 7.35.